The molecule has 0 aromatic heterocycles. The maximum atomic E-state index is 12.4. The van der Waals surface area contributed by atoms with Crippen LogP contribution < -0.4 is 5.32 Å². The van der Waals surface area contributed by atoms with Gasteiger partial charge in [0.15, 0.2) is 0 Å². The Morgan fingerprint density at radius 2 is 1.61 bits per heavy atom. The molecule has 18 heavy (non-hydrogen) atoms. The number of nitrogens with one attached hydrogen (secondary N) is 1. The minimum atomic E-state index is -0.986. The summed E-state index contributed by atoms with van der Waals surface area (Å²) in [5, 5.41) is 2.81. The number of carbonyl (C=O) groups is 2. The maximum absolute atomic E-state index is 12.4. The lowest BCUT2D eigenvalue weighted by Crippen LogP contribution is -2.55. The van der Waals surface area contributed by atoms with Crippen LogP contribution in [0.15, 0.2) is 0 Å². The molecule has 5 nitrogen and oxygen atoms in total. The lowest BCUT2D eigenvalue weighted by Gasteiger charge is -2.36. The molecule has 1 saturated heterocycles. The molecular formula is C13H25N3O2. The summed E-state index contributed by atoms with van der Waals surface area (Å²) in [6.07, 6.45) is 0. The molecule has 1 heterocycles. The number of piperazine rings is 1. The first kappa shape index (κ1) is 15.0. The topological polar surface area (TPSA) is 52.7 Å². The highest BCUT2D eigenvalue weighted by Gasteiger charge is 2.39. The average Bonchev–Trinajstić information content (AvgIpc) is 2.28. The van der Waals surface area contributed by atoms with Crippen LogP contribution in [0.5, 0.6) is 0 Å². The van der Waals surface area contributed by atoms with Crippen LogP contribution in [-0.2, 0) is 9.59 Å². The monoisotopic (exact) mass is 255 g/mol. The van der Waals surface area contributed by atoms with E-state index in [1.165, 1.54) is 0 Å². The van der Waals surface area contributed by atoms with E-state index in [4.69, 9.17) is 0 Å². The molecule has 1 fully saturated rings. The number of nitrogens with zero attached hydrogens (tertiary/aromatic N) is 2. The quantitative estimate of drug-likeness (QED) is 0.739. The van der Waals surface area contributed by atoms with Crippen molar-refractivity contribution in [2.75, 3.05) is 33.2 Å². The van der Waals surface area contributed by atoms with E-state index in [2.05, 4.69) is 10.2 Å². The minimum Gasteiger partial charge on any atom is -0.353 e. The van der Waals surface area contributed by atoms with Crippen LogP contribution in [0.25, 0.3) is 0 Å². The van der Waals surface area contributed by atoms with E-state index in [-0.39, 0.29) is 17.9 Å². The van der Waals surface area contributed by atoms with Crippen molar-refractivity contribution in [2.45, 2.75) is 33.7 Å². The summed E-state index contributed by atoms with van der Waals surface area (Å²) < 4.78 is 0. The summed E-state index contributed by atoms with van der Waals surface area (Å²) >= 11 is 0. The third-order valence-corrected chi connectivity index (χ3v) is 3.31. The molecule has 1 rings (SSSR count). The third-order valence-electron chi connectivity index (χ3n) is 3.31. The number of likely N-dealkylation sites (N-methyl/N-ethyl adjacent to an activating group) is 1. The standard InChI is InChI=1S/C13H25N3O2/c1-10(2)14-11(17)13(3,4)12(18)16-8-6-15(5)7-9-16/h10H,6-9H2,1-5H3,(H,14,17). The van der Waals surface area contributed by atoms with Crippen molar-refractivity contribution in [3.63, 3.8) is 0 Å². The lowest BCUT2D eigenvalue weighted by molar-refractivity contribution is -0.149. The minimum absolute atomic E-state index is 0.0528. The first-order chi connectivity index (χ1) is 8.25. The fourth-order valence-corrected chi connectivity index (χ4v) is 1.94. The van der Waals surface area contributed by atoms with Gasteiger partial charge >= 0.3 is 0 Å². The van der Waals surface area contributed by atoms with Gasteiger partial charge in [-0.2, -0.15) is 0 Å². The second kappa shape index (κ2) is 5.69. The molecule has 0 unspecified atom stereocenters. The van der Waals surface area contributed by atoms with Crippen LogP contribution in [0.4, 0.5) is 0 Å². The van der Waals surface area contributed by atoms with Gasteiger partial charge in [0, 0.05) is 32.2 Å². The molecule has 0 aromatic carbocycles. The smallest absolute Gasteiger partial charge is 0.237 e. The number of amides is 2. The molecule has 1 N–H and O–H groups in total. The van der Waals surface area contributed by atoms with E-state index in [1.807, 2.05) is 20.9 Å². The van der Waals surface area contributed by atoms with Gasteiger partial charge in [-0.15, -0.1) is 0 Å². The van der Waals surface area contributed by atoms with Gasteiger partial charge in [-0.05, 0) is 34.7 Å². The van der Waals surface area contributed by atoms with Gasteiger partial charge < -0.3 is 15.1 Å². The van der Waals surface area contributed by atoms with Gasteiger partial charge in [0.2, 0.25) is 11.8 Å². The van der Waals surface area contributed by atoms with E-state index in [0.29, 0.717) is 13.1 Å². The van der Waals surface area contributed by atoms with Gasteiger partial charge in [-0.1, -0.05) is 0 Å². The normalized spacial score (nSPS) is 18.0. The zero-order valence-corrected chi connectivity index (χ0v) is 12.1. The van der Waals surface area contributed by atoms with Crippen molar-refractivity contribution >= 4 is 11.8 Å². The van der Waals surface area contributed by atoms with Crippen LogP contribution in [0.2, 0.25) is 0 Å². The van der Waals surface area contributed by atoms with Crippen LogP contribution in [0.3, 0.4) is 0 Å². The predicted octanol–water partition coefficient (Wildman–Crippen LogP) is 0.311. The molecule has 0 atom stereocenters. The van der Waals surface area contributed by atoms with Crippen LogP contribution in [-0.4, -0.2) is 60.9 Å². The predicted molar refractivity (Wildman–Crippen MR) is 71.1 cm³/mol. The summed E-state index contributed by atoms with van der Waals surface area (Å²) in [7, 11) is 2.04. The highest BCUT2D eigenvalue weighted by atomic mass is 16.2. The highest BCUT2D eigenvalue weighted by Crippen LogP contribution is 2.20. The van der Waals surface area contributed by atoms with Gasteiger partial charge in [0.1, 0.15) is 5.41 Å². The Morgan fingerprint density at radius 1 is 1.11 bits per heavy atom. The molecule has 104 valence electrons. The first-order valence-electron chi connectivity index (χ1n) is 6.54. The summed E-state index contributed by atoms with van der Waals surface area (Å²) in [6, 6.07) is 0.0528. The number of carbonyl (C=O) groups excluding carboxylic acids is 2. The van der Waals surface area contributed by atoms with Crippen molar-refractivity contribution in [2.24, 2.45) is 5.41 Å². The fraction of sp³-hybridized carbons (Fsp3) is 0.846. The van der Waals surface area contributed by atoms with Gasteiger partial charge in [-0.3, -0.25) is 9.59 Å². The van der Waals surface area contributed by atoms with E-state index in [9.17, 15) is 9.59 Å². The molecule has 0 saturated carbocycles. The Labute approximate surface area is 110 Å². The van der Waals surface area contributed by atoms with Crippen molar-refractivity contribution in [1.29, 1.82) is 0 Å². The van der Waals surface area contributed by atoms with E-state index >= 15 is 0 Å². The van der Waals surface area contributed by atoms with E-state index < -0.39 is 5.41 Å². The van der Waals surface area contributed by atoms with Crippen LogP contribution >= 0.6 is 0 Å². The Balaban J connectivity index is 2.66. The Kier molecular flexibility index (Phi) is 4.73. The molecule has 5 heteroatoms. The second-order valence-corrected chi connectivity index (χ2v) is 5.85. The Bertz CT molecular complexity index is 318. The molecule has 0 aromatic rings. The van der Waals surface area contributed by atoms with E-state index in [1.54, 1.807) is 18.7 Å². The Hall–Kier alpha value is -1.10. The molecule has 0 bridgehead atoms. The summed E-state index contributed by atoms with van der Waals surface area (Å²) in [5.74, 6) is -0.268. The average molecular weight is 255 g/mol. The number of rotatable bonds is 3. The SMILES string of the molecule is CC(C)NC(=O)C(C)(C)C(=O)N1CCN(C)CC1. The van der Waals surface area contributed by atoms with Crippen LogP contribution in [0.1, 0.15) is 27.7 Å². The van der Waals surface area contributed by atoms with Crippen molar-refractivity contribution in [1.82, 2.24) is 15.1 Å². The molecule has 2 amide bonds. The van der Waals surface area contributed by atoms with Crippen molar-refractivity contribution < 1.29 is 9.59 Å². The molecule has 0 aliphatic carbocycles. The third kappa shape index (κ3) is 3.45. The first-order valence-corrected chi connectivity index (χ1v) is 6.54. The molecule has 1 aliphatic rings. The zero-order chi connectivity index (χ0) is 13.9. The summed E-state index contributed by atoms with van der Waals surface area (Å²) in [4.78, 5) is 28.4. The largest absolute Gasteiger partial charge is 0.353 e. The van der Waals surface area contributed by atoms with Crippen molar-refractivity contribution in [3.8, 4) is 0 Å². The second-order valence-electron chi connectivity index (χ2n) is 5.85. The highest BCUT2D eigenvalue weighted by molar-refractivity contribution is 6.04. The van der Waals surface area contributed by atoms with E-state index in [0.717, 1.165) is 13.1 Å². The van der Waals surface area contributed by atoms with Gasteiger partial charge in [0.25, 0.3) is 0 Å². The van der Waals surface area contributed by atoms with Crippen molar-refractivity contribution in [3.05, 3.63) is 0 Å². The zero-order valence-electron chi connectivity index (χ0n) is 12.1. The molecule has 0 spiro atoms. The summed E-state index contributed by atoms with van der Waals surface area (Å²) in [5.41, 5.74) is -0.986. The van der Waals surface area contributed by atoms with Gasteiger partial charge in [0.05, 0.1) is 0 Å². The fourth-order valence-electron chi connectivity index (χ4n) is 1.94. The maximum Gasteiger partial charge on any atom is 0.237 e. The molecular weight excluding hydrogens is 230 g/mol. The molecule has 0 radical (unpaired) electrons. The number of hydrogen-bond donors (Lipinski definition) is 1. The Morgan fingerprint density at radius 3 is 2.06 bits per heavy atom. The molecule has 1 aliphatic heterocycles. The van der Waals surface area contributed by atoms with Gasteiger partial charge in [-0.25, -0.2) is 0 Å². The van der Waals surface area contributed by atoms with Crippen LogP contribution in [0, 0.1) is 5.41 Å². The number of hydrogen-bond acceptors (Lipinski definition) is 3. The lowest BCUT2D eigenvalue weighted by atomic mass is 9.89. The summed E-state index contributed by atoms with van der Waals surface area (Å²) in [6.45, 7) is 10.3.